The third kappa shape index (κ3) is 8.84. The summed E-state index contributed by atoms with van der Waals surface area (Å²) in [6.07, 6.45) is 3.13. The van der Waals surface area contributed by atoms with E-state index in [0.717, 1.165) is 25.7 Å². The Morgan fingerprint density at radius 2 is 1.77 bits per heavy atom. The van der Waals surface area contributed by atoms with Crippen molar-refractivity contribution < 1.29 is 58.5 Å². The summed E-state index contributed by atoms with van der Waals surface area (Å²) in [5.41, 5.74) is 0.541. The quantitative estimate of drug-likeness (QED) is 0.311. The van der Waals surface area contributed by atoms with Gasteiger partial charge in [0.1, 0.15) is 0 Å². The second-order valence-corrected chi connectivity index (χ2v) is 7.62. The Labute approximate surface area is 204 Å². The first-order valence-electron chi connectivity index (χ1n) is 10.0. The van der Waals surface area contributed by atoms with E-state index in [1.54, 1.807) is 24.3 Å². The molecule has 0 aromatic heterocycles. The van der Waals surface area contributed by atoms with Gasteiger partial charge in [0.05, 0.1) is 5.92 Å². The number of esters is 1. The number of amides is 1. The molecule has 1 fully saturated rings. The van der Waals surface area contributed by atoms with Crippen molar-refractivity contribution >= 4 is 29.6 Å². The molecule has 1 N–H and O–H groups in total. The van der Waals surface area contributed by atoms with Crippen LogP contribution in [0.2, 0.25) is 5.02 Å². The second-order valence-electron chi connectivity index (χ2n) is 7.18. The fourth-order valence-corrected chi connectivity index (χ4v) is 3.49. The van der Waals surface area contributed by atoms with E-state index in [-0.39, 0.29) is 54.4 Å². The normalized spacial score (nSPS) is 15.5. The van der Waals surface area contributed by atoms with Gasteiger partial charge in [0.2, 0.25) is 6.29 Å². The monoisotopic (exact) mass is 447 g/mol. The number of benzene rings is 1. The molecular formula is C21H27ClNNaO6. The van der Waals surface area contributed by atoms with Crippen molar-refractivity contribution in [1.29, 1.82) is 0 Å². The van der Waals surface area contributed by atoms with Gasteiger partial charge in [-0.3, -0.25) is 4.79 Å². The summed E-state index contributed by atoms with van der Waals surface area (Å²) in [5.74, 6) is -2.58. The van der Waals surface area contributed by atoms with E-state index in [1.807, 2.05) is 6.92 Å². The molecule has 1 aliphatic carbocycles. The summed E-state index contributed by atoms with van der Waals surface area (Å²) in [6, 6.07) is 6.42. The number of aliphatic carboxylic acids is 1. The number of alkyl carbamates (subject to hydrolysis) is 1. The Morgan fingerprint density at radius 3 is 2.33 bits per heavy atom. The zero-order valence-electron chi connectivity index (χ0n) is 17.5. The number of nitrogens with one attached hydrogen (secondary N) is 1. The maximum atomic E-state index is 12.2. The van der Waals surface area contributed by atoms with Gasteiger partial charge in [-0.2, -0.15) is 0 Å². The van der Waals surface area contributed by atoms with Crippen molar-refractivity contribution in [2.24, 2.45) is 5.92 Å². The molecule has 7 nitrogen and oxygen atoms in total. The molecule has 2 unspecified atom stereocenters. The zero-order valence-corrected chi connectivity index (χ0v) is 20.3. The Hall–Kier alpha value is -1.28. The molecule has 160 valence electrons. The molecule has 0 saturated heterocycles. The van der Waals surface area contributed by atoms with Gasteiger partial charge in [0, 0.05) is 29.9 Å². The van der Waals surface area contributed by atoms with Gasteiger partial charge in [-0.15, -0.1) is 0 Å². The summed E-state index contributed by atoms with van der Waals surface area (Å²) in [6.45, 7) is 1.96. The maximum absolute atomic E-state index is 12.2. The van der Waals surface area contributed by atoms with Crippen LogP contribution in [0.5, 0.6) is 0 Å². The van der Waals surface area contributed by atoms with E-state index < -0.39 is 24.3 Å². The first-order valence-corrected chi connectivity index (χ1v) is 10.4. The van der Waals surface area contributed by atoms with Crippen molar-refractivity contribution in [2.45, 2.75) is 64.1 Å². The van der Waals surface area contributed by atoms with E-state index in [0.29, 0.717) is 23.4 Å². The molecule has 0 heterocycles. The molecular weight excluding hydrogens is 421 g/mol. The molecule has 30 heavy (non-hydrogen) atoms. The zero-order chi connectivity index (χ0) is 21.2. The number of carbonyl (C=O) groups is 3. The van der Waals surface area contributed by atoms with Gasteiger partial charge in [-0.25, -0.2) is 4.79 Å². The number of ether oxygens (including phenoxy) is 2. The number of carboxylic acids is 1. The van der Waals surface area contributed by atoms with Crippen LogP contribution in [0.15, 0.2) is 24.3 Å². The molecule has 2 rings (SSSR count). The average molecular weight is 448 g/mol. The molecule has 0 radical (unpaired) electrons. The Kier molecular flexibility index (Phi) is 12.4. The third-order valence-electron chi connectivity index (χ3n) is 4.96. The largest absolute Gasteiger partial charge is 1.00 e. The van der Waals surface area contributed by atoms with Gasteiger partial charge >= 0.3 is 41.6 Å². The summed E-state index contributed by atoms with van der Waals surface area (Å²) in [4.78, 5) is 35.6. The molecule has 0 spiro atoms. The summed E-state index contributed by atoms with van der Waals surface area (Å²) in [7, 11) is 0. The minimum absolute atomic E-state index is 0. The number of rotatable bonds is 10. The first kappa shape index (κ1) is 26.8. The van der Waals surface area contributed by atoms with E-state index >= 15 is 0 Å². The van der Waals surface area contributed by atoms with Gasteiger partial charge in [0.25, 0.3) is 0 Å². The molecule has 0 bridgehead atoms. The number of hydrogen-bond acceptors (Lipinski definition) is 6. The minimum atomic E-state index is -1.24. The Balaban J connectivity index is 0.00000450. The van der Waals surface area contributed by atoms with Crippen molar-refractivity contribution in [3.8, 4) is 0 Å². The van der Waals surface area contributed by atoms with Crippen LogP contribution in [0, 0.1) is 5.92 Å². The molecule has 9 heteroatoms. The van der Waals surface area contributed by atoms with Crippen LogP contribution in [0.3, 0.4) is 0 Å². The number of hydrogen-bond donors (Lipinski definition) is 1. The SMILES string of the molecule is CCCC(OC(=O)NCCC(C(=O)[O-])c1ccc(Cl)cc1)OC(=O)C1CCCC1.[Na+]. The first-order chi connectivity index (χ1) is 13.9. The van der Waals surface area contributed by atoms with Crippen LogP contribution in [-0.2, 0) is 19.1 Å². The number of halogens is 1. The van der Waals surface area contributed by atoms with Crippen LogP contribution in [-0.4, -0.2) is 30.9 Å². The predicted molar refractivity (Wildman–Crippen MR) is 105 cm³/mol. The van der Waals surface area contributed by atoms with Crippen molar-refractivity contribution in [3.63, 3.8) is 0 Å². The van der Waals surface area contributed by atoms with Crippen molar-refractivity contribution in [1.82, 2.24) is 5.32 Å². The van der Waals surface area contributed by atoms with E-state index in [9.17, 15) is 19.5 Å². The van der Waals surface area contributed by atoms with Crippen molar-refractivity contribution in [3.05, 3.63) is 34.9 Å². The Bertz CT molecular complexity index is 693. The van der Waals surface area contributed by atoms with Gasteiger partial charge in [-0.1, -0.05) is 43.5 Å². The van der Waals surface area contributed by atoms with Gasteiger partial charge in [0.15, 0.2) is 0 Å². The Morgan fingerprint density at radius 1 is 1.13 bits per heavy atom. The molecule has 1 aromatic rings. The molecule has 1 saturated carbocycles. The maximum Gasteiger partial charge on any atom is 1.00 e. The van der Waals surface area contributed by atoms with Crippen LogP contribution < -0.4 is 40.0 Å². The average Bonchev–Trinajstić information content (AvgIpc) is 3.21. The standard InChI is InChI=1S/C21H28ClNO6.Na/c1-2-5-18(28-20(26)15-6-3-4-7-15)29-21(27)23-13-12-17(19(24)25)14-8-10-16(22)11-9-14;/h8-11,15,17-18H,2-7,12-13H2,1H3,(H,23,27)(H,24,25);/q;+1/p-1. The van der Waals surface area contributed by atoms with Gasteiger partial charge < -0.3 is 24.7 Å². The second kappa shape index (κ2) is 13.9. The fraction of sp³-hybridized carbons (Fsp3) is 0.571. The topological polar surface area (TPSA) is 105 Å². The van der Waals surface area contributed by atoms with Crippen molar-refractivity contribution in [2.75, 3.05) is 6.54 Å². The van der Waals surface area contributed by atoms with Crippen LogP contribution in [0.25, 0.3) is 0 Å². The smallest absolute Gasteiger partial charge is 0.549 e. The molecule has 0 aliphatic heterocycles. The minimum Gasteiger partial charge on any atom is -0.549 e. The van der Waals surface area contributed by atoms with Crippen LogP contribution >= 0.6 is 11.6 Å². The molecule has 1 aromatic carbocycles. The number of carbonyl (C=O) groups excluding carboxylic acids is 3. The molecule has 1 amide bonds. The summed E-state index contributed by atoms with van der Waals surface area (Å²) >= 11 is 5.82. The number of carboxylic acid groups (broad SMARTS) is 1. The predicted octanol–water partition coefficient (Wildman–Crippen LogP) is 0.153. The van der Waals surface area contributed by atoms with E-state index in [1.165, 1.54) is 0 Å². The van der Waals surface area contributed by atoms with Gasteiger partial charge in [-0.05, 0) is 43.4 Å². The fourth-order valence-electron chi connectivity index (χ4n) is 3.36. The van der Waals surface area contributed by atoms with E-state index in [2.05, 4.69) is 5.32 Å². The summed E-state index contributed by atoms with van der Waals surface area (Å²) in [5, 5.41) is 14.4. The summed E-state index contributed by atoms with van der Waals surface area (Å²) < 4.78 is 10.6. The molecule has 1 aliphatic rings. The van der Waals surface area contributed by atoms with Crippen LogP contribution in [0.4, 0.5) is 4.79 Å². The molecule has 2 atom stereocenters. The third-order valence-corrected chi connectivity index (χ3v) is 5.21. The van der Waals surface area contributed by atoms with E-state index in [4.69, 9.17) is 21.1 Å². The van der Waals surface area contributed by atoms with Crippen LogP contribution in [0.1, 0.15) is 63.4 Å².